The molecule has 0 aromatic rings. The molecule has 106 valence electrons. The molecule has 0 heterocycles. The molecule has 6 nitrogen and oxygen atoms in total. The Kier molecular flexibility index (Phi) is 5.87. The van der Waals surface area contributed by atoms with Gasteiger partial charge >= 0.3 is 0 Å². The summed E-state index contributed by atoms with van der Waals surface area (Å²) in [7, 11) is -3.22. The third-order valence-corrected chi connectivity index (χ3v) is 4.22. The zero-order valence-electron chi connectivity index (χ0n) is 11.1. The average Bonchev–Trinajstić information content (AvgIpc) is 2.12. The van der Waals surface area contributed by atoms with E-state index >= 15 is 0 Å². The fourth-order valence-electron chi connectivity index (χ4n) is 1.64. The number of sulfonamides is 1. The van der Waals surface area contributed by atoms with Gasteiger partial charge in [0, 0.05) is 12.6 Å². The highest BCUT2D eigenvalue weighted by Crippen LogP contribution is 2.25. The van der Waals surface area contributed by atoms with Crippen LogP contribution in [0.4, 0.5) is 0 Å². The van der Waals surface area contributed by atoms with Gasteiger partial charge in [0.15, 0.2) is 5.96 Å². The summed E-state index contributed by atoms with van der Waals surface area (Å²) in [6, 6.07) is 0.196. The number of rotatable bonds is 7. The minimum absolute atomic E-state index is 0.0137. The van der Waals surface area contributed by atoms with Gasteiger partial charge in [0.25, 0.3) is 0 Å². The SMILES string of the molecule is CC(C)NC(N)=NCCS(=O)(=O)NCC1CCC1. The molecule has 7 heteroatoms. The molecular weight excluding hydrogens is 252 g/mol. The van der Waals surface area contributed by atoms with Crippen molar-refractivity contribution in [3.05, 3.63) is 0 Å². The first kappa shape index (κ1) is 15.2. The summed E-state index contributed by atoms with van der Waals surface area (Å²) in [6.07, 6.45) is 3.48. The second kappa shape index (κ2) is 6.94. The molecule has 0 bridgehead atoms. The molecule has 1 aliphatic carbocycles. The standard InChI is InChI=1S/C11H24N4O2S/c1-9(2)15-11(12)13-6-7-18(16,17)14-8-10-4-3-5-10/h9-10,14H,3-8H2,1-2H3,(H3,12,13,15). The van der Waals surface area contributed by atoms with Crippen molar-refractivity contribution in [3.8, 4) is 0 Å². The second-order valence-corrected chi connectivity index (χ2v) is 6.96. The highest BCUT2D eigenvalue weighted by Gasteiger charge is 2.19. The van der Waals surface area contributed by atoms with E-state index in [1.807, 2.05) is 13.8 Å². The Labute approximate surface area is 109 Å². The van der Waals surface area contributed by atoms with Gasteiger partial charge in [-0.1, -0.05) is 6.42 Å². The molecule has 0 saturated heterocycles. The van der Waals surface area contributed by atoms with Crippen LogP contribution in [0.15, 0.2) is 4.99 Å². The summed E-state index contributed by atoms with van der Waals surface area (Å²) in [6.45, 7) is 4.63. The normalized spacial score (nSPS) is 17.8. The fourth-order valence-corrected chi connectivity index (χ4v) is 2.61. The third kappa shape index (κ3) is 6.20. The van der Waals surface area contributed by atoms with Crippen LogP contribution in [-0.2, 0) is 10.0 Å². The zero-order valence-corrected chi connectivity index (χ0v) is 12.0. The van der Waals surface area contributed by atoms with Gasteiger partial charge in [0.1, 0.15) is 0 Å². The first-order valence-corrected chi connectivity index (χ1v) is 8.08. The summed E-state index contributed by atoms with van der Waals surface area (Å²) in [5.74, 6) is 0.801. The van der Waals surface area contributed by atoms with E-state index < -0.39 is 10.0 Å². The summed E-state index contributed by atoms with van der Waals surface area (Å²) in [5, 5.41) is 2.91. The van der Waals surface area contributed by atoms with Crippen LogP contribution in [0.1, 0.15) is 33.1 Å². The van der Waals surface area contributed by atoms with E-state index in [0.717, 1.165) is 12.8 Å². The van der Waals surface area contributed by atoms with Crippen LogP contribution in [0, 0.1) is 5.92 Å². The third-order valence-electron chi connectivity index (χ3n) is 2.90. The largest absolute Gasteiger partial charge is 0.370 e. The first-order valence-electron chi connectivity index (χ1n) is 6.43. The maximum atomic E-state index is 11.6. The smallest absolute Gasteiger partial charge is 0.213 e. The molecule has 0 atom stereocenters. The molecule has 0 amide bonds. The number of nitrogens with one attached hydrogen (secondary N) is 2. The lowest BCUT2D eigenvalue weighted by atomic mass is 9.86. The van der Waals surface area contributed by atoms with Gasteiger partial charge in [-0.25, -0.2) is 13.1 Å². The number of guanidine groups is 1. The maximum Gasteiger partial charge on any atom is 0.213 e. The molecule has 0 spiro atoms. The predicted molar refractivity (Wildman–Crippen MR) is 73.9 cm³/mol. The predicted octanol–water partition coefficient (Wildman–Crippen LogP) is 0.0186. The molecule has 1 fully saturated rings. The van der Waals surface area contributed by atoms with Crippen LogP contribution in [0.3, 0.4) is 0 Å². The lowest BCUT2D eigenvalue weighted by Gasteiger charge is -2.25. The molecular formula is C11H24N4O2S. The van der Waals surface area contributed by atoms with Gasteiger partial charge in [-0.05, 0) is 32.6 Å². The van der Waals surface area contributed by atoms with Crippen LogP contribution in [0.25, 0.3) is 0 Å². The van der Waals surface area contributed by atoms with Crippen LogP contribution in [-0.4, -0.2) is 39.3 Å². The maximum absolute atomic E-state index is 11.6. The van der Waals surface area contributed by atoms with Crippen LogP contribution in [0.2, 0.25) is 0 Å². The Morgan fingerprint density at radius 3 is 2.61 bits per heavy atom. The molecule has 4 N–H and O–H groups in total. The summed E-state index contributed by atoms with van der Waals surface area (Å²) >= 11 is 0. The van der Waals surface area contributed by atoms with Crippen molar-refractivity contribution >= 4 is 16.0 Å². The quantitative estimate of drug-likeness (QED) is 0.451. The van der Waals surface area contributed by atoms with Crippen molar-refractivity contribution in [1.82, 2.24) is 10.0 Å². The van der Waals surface area contributed by atoms with Crippen molar-refractivity contribution in [1.29, 1.82) is 0 Å². The van der Waals surface area contributed by atoms with Gasteiger partial charge < -0.3 is 11.1 Å². The van der Waals surface area contributed by atoms with Crippen molar-refractivity contribution in [3.63, 3.8) is 0 Å². The number of nitrogens with two attached hydrogens (primary N) is 1. The van der Waals surface area contributed by atoms with Crippen molar-refractivity contribution in [2.24, 2.45) is 16.6 Å². The zero-order chi connectivity index (χ0) is 13.6. The Morgan fingerprint density at radius 2 is 2.11 bits per heavy atom. The molecule has 1 rings (SSSR count). The summed E-state index contributed by atoms with van der Waals surface area (Å²) in [5.41, 5.74) is 5.58. The highest BCUT2D eigenvalue weighted by atomic mass is 32.2. The van der Waals surface area contributed by atoms with E-state index in [9.17, 15) is 8.42 Å². The van der Waals surface area contributed by atoms with E-state index in [1.54, 1.807) is 0 Å². The molecule has 0 unspecified atom stereocenters. The average molecular weight is 276 g/mol. The Hall–Kier alpha value is -0.820. The Morgan fingerprint density at radius 1 is 1.44 bits per heavy atom. The summed E-state index contributed by atoms with van der Waals surface area (Å²) in [4.78, 5) is 3.97. The second-order valence-electron chi connectivity index (χ2n) is 5.03. The number of hydrogen-bond donors (Lipinski definition) is 3. The Bertz CT molecular complexity index is 375. The van der Waals surface area contributed by atoms with Crippen molar-refractivity contribution in [2.75, 3.05) is 18.8 Å². The first-order chi connectivity index (χ1) is 8.39. The lowest BCUT2D eigenvalue weighted by molar-refractivity contribution is 0.316. The minimum Gasteiger partial charge on any atom is -0.370 e. The monoisotopic (exact) mass is 276 g/mol. The molecule has 0 aromatic carbocycles. The van der Waals surface area contributed by atoms with Crippen molar-refractivity contribution in [2.45, 2.75) is 39.2 Å². The van der Waals surface area contributed by atoms with Gasteiger partial charge in [0.05, 0.1) is 12.3 Å². The Balaban J connectivity index is 2.23. The van der Waals surface area contributed by atoms with Crippen LogP contribution in [0.5, 0.6) is 0 Å². The van der Waals surface area contributed by atoms with Crippen LogP contribution < -0.4 is 15.8 Å². The number of aliphatic imine (C=N–C) groups is 1. The summed E-state index contributed by atoms with van der Waals surface area (Å²) < 4.78 is 25.9. The van der Waals surface area contributed by atoms with E-state index in [4.69, 9.17) is 5.73 Å². The molecule has 18 heavy (non-hydrogen) atoms. The van der Waals surface area contributed by atoms with Crippen molar-refractivity contribution < 1.29 is 8.42 Å². The number of nitrogens with zero attached hydrogens (tertiary/aromatic N) is 1. The van der Waals surface area contributed by atoms with Gasteiger partial charge in [-0.15, -0.1) is 0 Å². The molecule has 1 saturated carbocycles. The van der Waals surface area contributed by atoms with Gasteiger partial charge in [0.2, 0.25) is 10.0 Å². The minimum atomic E-state index is -3.22. The molecule has 1 aliphatic rings. The van der Waals surface area contributed by atoms with Gasteiger partial charge in [-0.3, -0.25) is 4.99 Å². The van der Waals surface area contributed by atoms with E-state index in [1.165, 1.54) is 6.42 Å². The highest BCUT2D eigenvalue weighted by molar-refractivity contribution is 7.89. The topological polar surface area (TPSA) is 96.6 Å². The van der Waals surface area contributed by atoms with Gasteiger partial charge in [-0.2, -0.15) is 0 Å². The van der Waals surface area contributed by atoms with E-state index in [0.29, 0.717) is 18.4 Å². The van der Waals surface area contributed by atoms with E-state index in [-0.39, 0.29) is 18.3 Å². The van der Waals surface area contributed by atoms with E-state index in [2.05, 4.69) is 15.0 Å². The number of hydrogen-bond acceptors (Lipinski definition) is 3. The van der Waals surface area contributed by atoms with Crippen LogP contribution >= 0.6 is 0 Å². The lowest BCUT2D eigenvalue weighted by Crippen LogP contribution is -2.38. The fraction of sp³-hybridized carbons (Fsp3) is 0.909. The molecule has 0 aliphatic heterocycles. The molecule has 0 aromatic heterocycles. The molecule has 0 radical (unpaired) electrons.